The molecule has 222 valence electrons. The van der Waals surface area contributed by atoms with Gasteiger partial charge in [-0.3, -0.25) is 14.4 Å². The first kappa shape index (κ1) is 29.5. The molecule has 0 bridgehead atoms. The Morgan fingerprint density at radius 3 is 2.34 bits per heavy atom. The maximum Gasteiger partial charge on any atom is 0.249 e. The van der Waals surface area contributed by atoms with Crippen LogP contribution in [0.25, 0.3) is 0 Å². The number of unbranched alkanes of at least 4 members (excludes halogenated alkanes) is 2. The number of benzene rings is 1. The van der Waals surface area contributed by atoms with E-state index in [-0.39, 0.29) is 30.2 Å². The third-order valence-electron chi connectivity index (χ3n) is 9.26. The quantitative estimate of drug-likeness (QED) is 0.347. The molecule has 1 aromatic rings. The van der Waals surface area contributed by atoms with E-state index in [2.05, 4.69) is 6.92 Å². The molecule has 2 fully saturated rings. The molecule has 5 rings (SSSR count). The van der Waals surface area contributed by atoms with E-state index in [1.807, 2.05) is 80.3 Å². The van der Waals surface area contributed by atoms with E-state index in [1.165, 1.54) is 0 Å². The molecular formula is C33H45N3O5. The molecule has 6 atom stereocenters. The molecule has 4 aliphatic heterocycles. The van der Waals surface area contributed by atoms with Crippen molar-refractivity contribution in [2.75, 3.05) is 26.2 Å². The standard InChI is InChI=1S/C33H45N3O5/c1-5-6-10-17-34-18-12-16-33-27(30(39)36(28(33)31(34)40)25(22-37)20-23(2)3)26-29(38)35(19-11-15-32(26,4)41-33)21-24-13-8-7-9-14-24/h7-9,11-16,23,25-28,37H,5-6,10,17-22H2,1-4H3/t25-,26-,27+,28?,32+,33+/m1/s1. The molecule has 1 unspecified atom stereocenters. The van der Waals surface area contributed by atoms with Gasteiger partial charge in [0.05, 0.1) is 30.1 Å². The first-order valence-electron chi connectivity index (χ1n) is 15.3. The number of carbonyl (C=O) groups is 3. The second-order valence-corrected chi connectivity index (χ2v) is 12.7. The summed E-state index contributed by atoms with van der Waals surface area (Å²) in [4.78, 5) is 48.6. The van der Waals surface area contributed by atoms with E-state index in [4.69, 9.17) is 4.74 Å². The van der Waals surface area contributed by atoms with Crippen molar-refractivity contribution in [2.45, 2.75) is 83.2 Å². The van der Waals surface area contributed by atoms with Gasteiger partial charge in [0.2, 0.25) is 17.7 Å². The molecule has 0 aromatic heterocycles. The molecule has 41 heavy (non-hydrogen) atoms. The summed E-state index contributed by atoms with van der Waals surface area (Å²) in [5, 5.41) is 10.5. The van der Waals surface area contributed by atoms with Gasteiger partial charge in [-0.25, -0.2) is 0 Å². The summed E-state index contributed by atoms with van der Waals surface area (Å²) in [6, 6.07) is 8.34. The number of aliphatic hydroxyl groups excluding tert-OH is 1. The molecule has 1 spiro atoms. The third-order valence-corrected chi connectivity index (χ3v) is 9.26. The lowest BCUT2D eigenvalue weighted by Gasteiger charge is -2.40. The van der Waals surface area contributed by atoms with Crippen molar-refractivity contribution >= 4 is 17.7 Å². The van der Waals surface area contributed by atoms with Crippen molar-refractivity contribution in [3.8, 4) is 0 Å². The van der Waals surface area contributed by atoms with E-state index in [1.54, 1.807) is 9.80 Å². The second-order valence-electron chi connectivity index (χ2n) is 12.7. The van der Waals surface area contributed by atoms with Gasteiger partial charge in [0.1, 0.15) is 11.6 Å². The van der Waals surface area contributed by atoms with Crippen LogP contribution in [-0.4, -0.2) is 87.1 Å². The minimum absolute atomic E-state index is 0.147. The van der Waals surface area contributed by atoms with Gasteiger partial charge < -0.3 is 24.5 Å². The Bertz CT molecular complexity index is 1200. The number of likely N-dealkylation sites (tertiary alicyclic amines) is 1. The Kier molecular flexibility index (Phi) is 8.44. The number of hydrogen-bond acceptors (Lipinski definition) is 5. The molecule has 4 heterocycles. The minimum Gasteiger partial charge on any atom is -0.394 e. The van der Waals surface area contributed by atoms with Gasteiger partial charge in [-0.15, -0.1) is 0 Å². The van der Waals surface area contributed by atoms with Crippen LogP contribution in [0.4, 0.5) is 0 Å². The summed E-state index contributed by atoms with van der Waals surface area (Å²) in [5.74, 6) is -2.06. The highest BCUT2D eigenvalue weighted by Gasteiger charge is 2.75. The van der Waals surface area contributed by atoms with Crippen LogP contribution in [0.3, 0.4) is 0 Å². The number of aliphatic hydroxyl groups is 1. The summed E-state index contributed by atoms with van der Waals surface area (Å²) in [7, 11) is 0. The van der Waals surface area contributed by atoms with Crippen molar-refractivity contribution in [3.63, 3.8) is 0 Å². The van der Waals surface area contributed by atoms with Crippen molar-refractivity contribution in [1.82, 2.24) is 14.7 Å². The molecule has 2 saturated heterocycles. The number of ether oxygens (including phenoxy) is 1. The molecule has 3 amide bonds. The Labute approximate surface area is 244 Å². The van der Waals surface area contributed by atoms with Gasteiger partial charge in [0, 0.05) is 26.2 Å². The Hall–Kier alpha value is -2.97. The number of amides is 3. The number of fused-ring (bicyclic) bond motifs is 2. The highest BCUT2D eigenvalue weighted by molar-refractivity contribution is 6.00. The molecule has 8 heteroatoms. The highest BCUT2D eigenvalue weighted by atomic mass is 16.5. The van der Waals surface area contributed by atoms with Crippen molar-refractivity contribution in [3.05, 3.63) is 60.2 Å². The summed E-state index contributed by atoms with van der Waals surface area (Å²) in [6.45, 7) is 9.68. The highest BCUT2D eigenvalue weighted by Crippen LogP contribution is 2.58. The van der Waals surface area contributed by atoms with Crippen LogP contribution >= 0.6 is 0 Å². The maximum absolute atomic E-state index is 14.6. The fraction of sp³-hybridized carbons (Fsp3) is 0.606. The summed E-state index contributed by atoms with van der Waals surface area (Å²) in [5.41, 5.74) is -1.34. The molecule has 4 aliphatic rings. The zero-order valence-electron chi connectivity index (χ0n) is 24.9. The van der Waals surface area contributed by atoms with Gasteiger partial charge in [0.25, 0.3) is 0 Å². The van der Waals surface area contributed by atoms with Gasteiger partial charge in [0.15, 0.2) is 0 Å². The molecular weight excluding hydrogens is 518 g/mol. The summed E-state index contributed by atoms with van der Waals surface area (Å²) < 4.78 is 6.93. The van der Waals surface area contributed by atoms with E-state index >= 15 is 0 Å². The molecule has 1 N–H and O–H groups in total. The molecule has 0 saturated carbocycles. The Balaban J connectivity index is 1.58. The van der Waals surface area contributed by atoms with Crippen LogP contribution in [0.15, 0.2) is 54.6 Å². The zero-order chi connectivity index (χ0) is 29.4. The smallest absolute Gasteiger partial charge is 0.249 e. The maximum atomic E-state index is 14.6. The van der Waals surface area contributed by atoms with Gasteiger partial charge in [-0.1, -0.05) is 88.2 Å². The van der Waals surface area contributed by atoms with Crippen LogP contribution in [-0.2, 0) is 25.7 Å². The van der Waals surface area contributed by atoms with Crippen LogP contribution in [0.2, 0.25) is 0 Å². The second kappa shape index (κ2) is 11.7. The average molecular weight is 564 g/mol. The van der Waals surface area contributed by atoms with E-state index in [0.29, 0.717) is 32.6 Å². The predicted molar refractivity (Wildman–Crippen MR) is 156 cm³/mol. The van der Waals surface area contributed by atoms with Crippen LogP contribution in [0.1, 0.15) is 58.9 Å². The van der Waals surface area contributed by atoms with Crippen LogP contribution in [0, 0.1) is 17.8 Å². The number of hydrogen-bond donors (Lipinski definition) is 1. The minimum atomic E-state index is -1.30. The lowest BCUT2D eigenvalue weighted by molar-refractivity contribution is -0.156. The molecule has 0 radical (unpaired) electrons. The van der Waals surface area contributed by atoms with Gasteiger partial charge in [-0.05, 0) is 31.2 Å². The zero-order valence-corrected chi connectivity index (χ0v) is 24.9. The fourth-order valence-electron chi connectivity index (χ4n) is 7.47. The van der Waals surface area contributed by atoms with E-state index in [0.717, 1.165) is 24.8 Å². The molecule has 8 nitrogen and oxygen atoms in total. The largest absolute Gasteiger partial charge is 0.394 e. The number of carbonyl (C=O) groups excluding carboxylic acids is 3. The van der Waals surface area contributed by atoms with E-state index < -0.39 is 35.1 Å². The van der Waals surface area contributed by atoms with Crippen LogP contribution in [0.5, 0.6) is 0 Å². The van der Waals surface area contributed by atoms with Crippen LogP contribution < -0.4 is 0 Å². The fourth-order valence-corrected chi connectivity index (χ4v) is 7.47. The van der Waals surface area contributed by atoms with Gasteiger partial charge >= 0.3 is 0 Å². The molecule has 1 aromatic carbocycles. The number of rotatable bonds is 10. The van der Waals surface area contributed by atoms with E-state index in [9.17, 15) is 19.5 Å². The summed E-state index contributed by atoms with van der Waals surface area (Å²) in [6.07, 6.45) is 11.2. The predicted octanol–water partition coefficient (Wildman–Crippen LogP) is 3.55. The van der Waals surface area contributed by atoms with Gasteiger partial charge in [-0.2, -0.15) is 0 Å². The monoisotopic (exact) mass is 563 g/mol. The normalized spacial score (nSPS) is 31.8. The first-order chi connectivity index (χ1) is 19.7. The van der Waals surface area contributed by atoms with Crippen molar-refractivity contribution in [1.29, 1.82) is 0 Å². The SMILES string of the molecule is CCCCCN1CC=C[C@]23O[C@@]4(C)C=CCN(Cc5ccccc5)C(=O)[C@H]4[C@H]2C(=O)N([C@@H](CO)CC(C)C)C3C1=O. The average Bonchev–Trinajstić information content (AvgIpc) is 3.23. The topological polar surface area (TPSA) is 90.4 Å². The third kappa shape index (κ3) is 5.14. The number of nitrogens with zero attached hydrogens (tertiary/aromatic N) is 3. The summed E-state index contributed by atoms with van der Waals surface area (Å²) >= 11 is 0. The van der Waals surface area contributed by atoms with Crippen molar-refractivity contribution in [2.24, 2.45) is 17.8 Å². The lowest BCUT2D eigenvalue weighted by atomic mass is 9.74. The lowest BCUT2D eigenvalue weighted by Crippen LogP contribution is -2.59. The Morgan fingerprint density at radius 1 is 0.951 bits per heavy atom. The van der Waals surface area contributed by atoms with Crippen molar-refractivity contribution < 1.29 is 24.2 Å². The Morgan fingerprint density at radius 2 is 1.66 bits per heavy atom. The molecule has 0 aliphatic carbocycles. The first-order valence-corrected chi connectivity index (χ1v) is 15.3.